The number of nitrogens with zero attached hydrogens (tertiary/aromatic N) is 3. The second-order valence-electron chi connectivity index (χ2n) is 7.74. The molecule has 0 spiro atoms. The Morgan fingerprint density at radius 2 is 1.66 bits per heavy atom. The first-order valence-electron chi connectivity index (χ1n) is 10.6. The van der Waals surface area contributed by atoms with Crippen LogP contribution in [0.1, 0.15) is 29.2 Å². The van der Waals surface area contributed by atoms with E-state index < -0.39 is 0 Å². The molecule has 6 heteroatoms. The monoisotopic (exact) mass is 440 g/mol. The Balaban J connectivity index is 1.72. The van der Waals surface area contributed by atoms with Gasteiger partial charge in [-0.2, -0.15) is 0 Å². The maximum Gasteiger partial charge on any atom is 0.174 e. The smallest absolute Gasteiger partial charge is 0.174 e. The molecule has 0 radical (unpaired) electrons. The van der Waals surface area contributed by atoms with Crippen molar-refractivity contribution < 1.29 is 4.74 Å². The van der Waals surface area contributed by atoms with Crippen molar-refractivity contribution in [1.82, 2.24) is 14.9 Å². The fourth-order valence-electron chi connectivity index (χ4n) is 4.46. The summed E-state index contributed by atoms with van der Waals surface area (Å²) in [4.78, 5) is 6.82. The normalized spacial score (nSPS) is 17.9. The van der Waals surface area contributed by atoms with E-state index in [-0.39, 0.29) is 12.1 Å². The minimum atomic E-state index is -0.123. The van der Waals surface area contributed by atoms with E-state index in [2.05, 4.69) is 63.1 Å². The first kappa shape index (κ1) is 20.3. The lowest BCUT2D eigenvalue weighted by Crippen LogP contribution is -2.30. The van der Waals surface area contributed by atoms with Gasteiger partial charge < -0.3 is 19.5 Å². The number of thiocarbonyl (C=S) groups is 1. The van der Waals surface area contributed by atoms with Crippen LogP contribution in [-0.2, 0) is 0 Å². The highest BCUT2D eigenvalue weighted by atomic mass is 32.1. The number of anilines is 1. The molecule has 1 aliphatic heterocycles. The summed E-state index contributed by atoms with van der Waals surface area (Å²) in [6.45, 7) is 2.13. The van der Waals surface area contributed by atoms with Crippen molar-refractivity contribution >= 4 is 23.0 Å². The van der Waals surface area contributed by atoms with Crippen molar-refractivity contribution in [1.29, 1.82) is 0 Å². The number of ether oxygens (including phenoxy) is 1. The van der Waals surface area contributed by atoms with Crippen LogP contribution in [0.4, 0.5) is 5.69 Å². The van der Waals surface area contributed by atoms with E-state index >= 15 is 0 Å². The maximum absolute atomic E-state index is 5.87. The Hall–Kier alpha value is -3.64. The molecule has 2 atom stereocenters. The van der Waals surface area contributed by atoms with Crippen molar-refractivity contribution in [3.8, 4) is 11.4 Å². The summed E-state index contributed by atoms with van der Waals surface area (Å²) in [7, 11) is 1.69. The molecule has 1 N–H and O–H groups in total. The van der Waals surface area contributed by atoms with Crippen LogP contribution in [0, 0.1) is 6.92 Å². The lowest BCUT2D eigenvalue weighted by Gasteiger charge is -2.30. The van der Waals surface area contributed by atoms with Gasteiger partial charge >= 0.3 is 0 Å². The number of hydrogen-bond acceptors (Lipinski definition) is 3. The number of rotatable bonds is 5. The first-order chi connectivity index (χ1) is 15.7. The molecule has 1 saturated heterocycles. The molecule has 0 amide bonds. The molecule has 0 aliphatic carbocycles. The highest BCUT2D eigenvalue weighted by Crippen LogP contribution is 2.45. The molecular weight excluding hydrogens is 416 g/mol. The molecule has 0 unspecified atom stereocenters. The van der Waals surface area contributed by atoms with Gasteiger partial charge in [0.2, 0.25) is 0 Å². The lowest BCUT2D eigenvalue weighted by molar-refractivity contribution is 0.414. The molecule has 5 rings (SSSR count). The third-order valence-electron chi connectivity index (χ3n) is 5.87. The fraction of sp³-hybridized carbons (Fsp3) is 0.154. The Morgan fingerprint density at radius 1 is 0.906 bits per heavy atom. The van der Waals surface area contributed by atoms with Crippen molar-refractivity contribution in [2.45, 2.75) is 19.0 Å². The van der Waals surface area contributed by atoms with Gasteiger partial charge in [0.05, 0.1) is 24.5 Å². The highest BCUT2D eigenvalue weighted by Gasteiger charge is 2.43. The summed E-state index contributed by atoms with van der Waals surface area (Å²) in [6.07, 6.45) is 1.82. The van der Waals surface area contributed by atoms with E-state index in [1.807, 2.05) is 54.7 Å². The number of para-hydroxylation sites is 3. The Kier molecular flexibility index (Phi) is 5.37. The Labute approximate surface area is 193 Å². The summed E-state index contributed by atoms with van der Waals surface area (Å²) >= 11 is 5.87. The van der Waals surface area contributed by atoms with Gasteiger partial charge in [0.1, 0.15) is 11.8 Å². The van der Waals surface area contributed by atoms with Crippen LogP contribution in [0.5, 0.6) is 5.75 Å². The summed E-state index contributed by atoms with van der Waals surface area (Å²) in [5.74, 6) is 0.776. The molecule has 1 fully saturated rings. The summed E-state index contributed by atoms with van der Waals surface area (Å²) in [6, 6.07) is 28.5. The van der Waals surface area contributed by atoms with Gasteiger partial charge in [0.25, 0.3) is 0 Å². The van der Waals surface area contributed by atoms with Gasteiger partial charge in [-0.1, -0.05) is 36.4 Å². The summed E-state index contributed by atoms with van der Waals surface area (Å²) in [5, 5.41) is 4.18. The van der Waals surface area contributed by atoms with Gasteiger partial charge in [0.15, 0.2) is 5.11 Å². The van der Waals surface area contributed by atoms with Crippen molar-refractivity contribution in [3.05, 3.63) is 108 Å². The molecule has 3 heterocycles. The molecule has 2 aromatic carbocycles. The van der Waals surface area contributed by atoms with Crippen LogP contribution in [-0.4, -0.2) is 21.8 Å². The molecule has 2 aromatic heterocycles. The van der Waals surface area contributed by atoms with Crippen LogP contribution >= 0.6 is 12.2 Å². The van der Waals surface area contributed by atoms with Crippen molar-refractivity contribution in [2.75, 3.05) is 12.0 Å². The zero-order chi connectivity index (χ0) is 22.1. The van der Waals surface area contributed by atoms with Gasteiger partial charge in [-0.25, -0.2) is 0 Å². The third-order valence-corrected chi connectivity index (χ3v) is 6.18. The molecule has 160 valence electrons. The minimum Gasteiger partial charge on any atom is -0.495 e. The first-order valence-corrected chi connectivity index (χ1v) is 11.0. The predicted octanol–water partition coefficient (Wildman–Crippen LogP) is 5.37. The molecule has 1 aliphatic rings. The topological polar surface area (TPSA) is 42.3 Å². The van der Waals surface area contributed by atoms with Gasteiger partial charge in [-0.3, -0.25) is 4.98 Å². The van der Waals surface area contributed by atoms with Crippen LogP contribution in [0.15, 0.2) is 91.1 Å². The zero-order valence-corrected chi connectivity index (χ0v) is 18.8. The fourth-order valence-corrected chi connectivity index (χ4v) is 4.80. The lowest BCUT2D eigenvalue weighted by atomic mass is 10.0. The maximum atomic E-state index is 5.87. The number of pyridine rings is 1. The quantitative estimate of drug-likeness (QED) is 0.423. The van der Waals surface area contributed by atoms with E-state index in [9.17, 15) is 0 Å². The Morgan fingerprint density at radius 3 is 2.41 bits per heavy atom. The summed E-state index contributed by atoms with van der Waals surface area (Å²) in [5.41, 5.74) is 5.26. The summed E-state index contributed by atoms with van der Waals surface area (Å²) < 4.78 is 7.99. The van der Waals surface area contributed by atoms with Crippen molar-refractivity contribution in [3.63, 3.8) is 0 Å². The molecule has 0 saturated carbocycles. The zero-order valence-electron chi connectivity index (χ0n) is 18.0. The van der Waals surface area contributed by atoms with Gasteiger partial charge in [0, 0.05) is 23.3 Å². The molecule has 4 aromatic rings. The second-order valence-corrected chi connectivity index (χ2v) is 8.13. The van der Waals surface area contributed by atoms with Crippen LogP contribution in [0.3, 0.4) is 0 Å². The predicted molar refractivity (Wildman–Crippen MR) is 131 cm³/mol. The van der Waals surface area contributed by atoms with E-state index in [0.29, 0.717) is 5.11 Å². The highest BCUT2D eigenvalue weighted by molar-refractivity contribution is 7.80. The van der Waals surface area contributed by atoms with E-state index in [1.165, 1.54) is 0 Å². The number of benzene rings is 2. The van der Waals surface area contributed by atoms with E-state index in [1.54, 1.807) is 7.11 Å². The number of hydrogen-bond donors (Lipinski definition) is 1. The Bertz CT molecular complexity index is 1240. The van der Waals surface area contributed by atoms with Gasteiger partial charge in [-0.15, -0.1) is 0 Å². The van der Waals surface area contributed by atoms with Crippen LogP contribution in [0.25, 0.3) is 5.69 Å². The SMILES string of the molecule is COc1ccccc1N1C(=S)N[C@H](c2ccccn2)[C@H]1c1ccc(C)n1-c1ccccc1. The number of aromatic nitrogens is 2. The third kappa shape index (κ3) is 3.42. The minimum absolute atomic E-state index is 0.120. The van der Waals surface area contributed by atoms with Crippen LogP contribution < -0.4 is 15.0 Å². The molecular formula is C26H24N4OS. The number of methoxy groups -OCH3 is 1. The number of nitrogens with one attached hydrogen (secondary N) is 1. The number of aryl methyl sites for hydroxylation is 1. The van der Waals surface area contributed by atoms with Crippen molar-refractivity contribution in [2.24, 2.45) is 0 Å². The molecule has 32 heavy (non-hydrogen) atoms. The average Bonchev–Trinajstić information content (AvgIpc) is 3.39. The average molecular weight is 441 g/mol. The van der Waals surface area contributed by atoms with E-state index in [4.69, 9.17) is 17.0 Å². The second kappa shape index (κ2) is 8.48. The van der Waals surface area contributed by atoms with E-state index in [0.717, 1.165) is 34.2 Å². The largest absolute Gasteiger partial charge is 0.495 e. The van der Waals surface area contributed by atoms with Crippen LogP contribution in [0.2, 0.25) is 0 Å². The standard InChI is InChI=1S/C26H24N4OS/c1-18-15-16-22(29(18)19-10-4-3-5-11-19)25-24(20-12-8-9-17-27-20)28-26(32)30(25)21-13-6-7-14-23(21)31-2/h3-17,24-25H,1-2H3,(H,28,32)/t24-,25-/m1/s1. The molecule has 5 nitrogen and oxygen atoms in total. The molecule has 0 bridgehead atoms. The van der Waals surface area contributed by atoms with Gasteiger partial charge in [-0.05, 0) is 67.7 Å².